The maximum atomic E-state index is 6.26. The van der Waals surface area contributed by atoms with Gasteiger partial charge in [0.25, 0.3) is 0 Å². The molecule has 0 amide bonds. The molecule has 1 aromatic carbocycles. The third-order valence-electron chi connectivity index (χ3n) is 2.08. The molecule has 1 aromatic rings. The molecular formula is C12H17Br2NS2. The Labute approximate surface area is 129 Å². The molecule has 0 aliphatic heterocycles. The molecule has 0 heterocycles. The fraction of sp³-hybridized carbons (Fsp3) is 0.500. The van der Waals surface area contributed by atoms with Crippen molar-refractivity contribution in [2.75, 3.05) is 17.2 Å². The average Bonchev–Trinajstić information content (AvgIpc) is 2.28. The first-order valence-corrected chi connectivity index (χ1v) is 9.20. The van der Waals surface area contributed by atoms with Crippen LogP contribution in [0.25, 0.3) is 0 Å². The Hall–Kier alpha value is 0.680. The van der Waals surface area contributed by atoms with Gasteiger partial charge < -0.3 is 5.73 Å². The number of nitrogens with two attached hydrogens (primary N) is 1. The number of hydrogen-bond acceptors (Lipinski definition) is 3. The van der Waals surface area contributed by atoms with Gasteiger partial charge in [0.15, 0.2) is 0 Å². The second-order valence-corrected chi connectivity index (χ2v) is 7.53. The van der Waals surface area contributed by atoms with Gasteiger partial charge in [0.1, 0.15) is 0 Å². The maximum Gasteiger partial charge on any atom is 0.0613 e. The molecule has 0 fully saturated rings. The van der Waals surface area contributed by atoms with Crippen LogP contribution in [0.3, 0.4) is 0 Å². The van der Waals surface area contributed by atoms with Crippen molar-refractivity contribution in [1.82, 2.24) is 0 Å². The van der Waals surface area contributed by atoms with E-state index in [2.05, 4.69) is 51.8 Å². The lowest BCUT2D eigenvalue weighted by atomic mass is 10.3. The predicted molar refractivity (Wildman–Crippen MR) is 88.3 cm³/mol. The van der Waals surface area contributed by atoms with Crippen LogP contribution in [0.1, 0.15) is 26.7 Å². The van der Waals surface area contributed by atoms with Crippen LogP contribution in [0, 0.1) is 0 Å². The molecule has 5 heteroatoms. The fourth-order valence-corrected chi connectivity index (χ4v) is 4.97. The zero-order valence-electron chi connectivity index (χ0n) is 10.1. The van der Waals surface area contributed by atoms with Crippen molar-refractivity contribution in [2.24, 2.45) is 0 Å². The van der Waals surface area contributed by atoms with Crippen LogP contribution in [0.4, 0.5) is 5.69 Å². The Kier molecular flexibility index (Phi) is 7.38. The second-order valence-electron chi connectivity index (χ2n) is 3.61. The first-order chi connectivity index (χ1) is 8.11. The number of thioether (sulfide) groups is 2. The van der Waals surface area contributed by atoms with Crippen molar-refractivity contribution < 1.29 is 0 Å². The van der Waals surface area contributed by atoms with E-state index in [0.717, 1.165) is 39.0 Å². The van der Waals surface area contributed by atoms with E-state index in [1.165, 1.54) is 9.79 Å². The molecular weight excluding hydrogens is 382 g/mol. The first-order valence-electron chi connectivity index (χ1n) is 5.64. The lowest BCUT2D eigenvalue weighted by molar-refractivity contribution is 1.10. The highest BCUT2D eigenvalue weighted by Gasteiger charge is 2.14. The van der Waals surface area contributed by atoms with Crippen LogP contribution in [-0.2, 0) is 0 Å². The summed E-state index contributed by atoms with van der Waals surface area (Å²) in [5, 5.41) is 0. The van der Waals surface area contributed by atoms with E-state index in [1.54, 1.807) is 0 Å². The SMILES string of the molecule is CCCSc1c(Br)cc(Br)c(SCCC)c1N. The van der Waals surface area contributed by atoms with Crippen LogP contribution in [0.15, 0.2) is 24.8 Å². The van der Waals surface area contributed by atoms with Crippen molar-refractivity contribution >= 4 is 61.1 Å². The number of rotatable bonds is 6. The minimum absolute atomic E-state index is 0.906. The third-order valence-corrected chi connectivity index (χ3v) is 6.54. The van der Waals surface area contributed by atoms with Gasteiger partial charge in [-0.2, -0.15) is 0 Å². The molecule has 0 aliphatic rings. The van der Waals surface area contributed by atoms with Gasteiger partial charge in [-0.25, -0.2) is 0 Å². The molecule has 0 bridgehead atoms. The summed E-state index contributed by atoms with van der Waals surface area (Å²) < 4.78 is 2.17. The number of anilines is 1. The predicted octanol–water partition coefficient (Wildman–Crippen LogP) is 5.80. The van der Waals surface area contributed by atoms with Crippen LogP contribution >= 0.6 is 55.4 Å². The number of nitrogen functional groups attached to an aromatic ring is 1. The van der Waals surface area contributed by atoms with Crippen LogP contribution in [0.2, 0.25) is 0 Å². The lowest BCUT2D eigenvalue weighted by Gasteiger charge is -2.14. The van der Waals surface area contributed by atoms with E-state index in [1.807, 2.05) is 23.5 Å². The summed E-state index contributed by atoms with van der Waals surface area (Å²) in [6.45, 7) is 4.37. The van der Waals surface area contributed by atoms with Gasteiger partial charge in [0.05, 0.1) is 5.69 Å². The molecule has 0 radical (unpaired) electrons. The minimum atomic E-state index is 0.906. The third kappa shape index (κ3) is 4.37. The summed E-state index contributed by atoms with van der Waals surface area (Å²) in [5.74, 6) is 2.20. The molecule has 0 saturated heterocycles. The van der Waals surface area contributed by atoms with E-state index in [-0.39, 0.29) is 0 Å². The normalized spacial score (nSPS) is 10.8. The monoisotopic (exact) mass is 397 g/mol. The van der Waals surface area contributed by atoms with Gasteiger partial charge in [-0.05, 0) is 62.3 Å². The van der Waals surface area contributed by atoms with E-state index < -0.39 is 0 Å². The van der Waals surface area contributed by atoms with Crippen molar-refractivity contribution in [3.8, 4) is 0 Å². The highest BCUT2D eigenvalue weighted by atomic mass is 79.9. The Balaban J connectivity index is 3.04. The van der Waals surface area contributed by atoms with Crippen molar-refractivity contribution in [2.45, 2.75) is 36.5 Å². The van der Waals surface area contributed by atoms with Crippen LogP contribution in [-0.4, -0.2) is 11.5 Å². The highest BCUT2D eigenvalue weighted by Crippen LogP contribution is 2.43. The minimum Gasteiger partial charge on any atom is -0.397 e. The largest absolute Gasteiger partial charge is 0.397 e. The van der Waals surface area contributed by atoms with Crippen LogP contribution in [0.5, 0.6) is 0 Å². The van der Waals surface area contributed by atoms with Gasteiger partial charge in [0, 0.05) is 18.7 Å². The Morgan fingerprint density at radius 1 is 1.00 bits per heavy atom. The Bertz CT molecular complexity index is 351. The molecule has 0 aromatic heterocycles. The number of halogens is 2. The molecule has 0 unspecified atom stereocenters. The highest BCUT2D eigenvalue weighted by molar-refractivity contribution is 9.11. The second kappa shape index (κ2) is 7.97. The summed E-state index contributed by atoms with van der Waals surface area (Å²) in [4.78, 5) is 2.35. The van der Waals surface area contributed by atoms with Crippen molar-refractivity contribution in [3.05, 3.63) is 15.0 Å². The topological polar surface area (TPSA) is 26.0 Å². The Morgan fingerprint density at radius 3 is 1.76 bits per heavy atom. The van der Waals surface area contributed by atoms with E-state index >= 15 is 0 Å². The molecule has 0 atom stereocenters. The molecule has 0 aliphatic carbocycles. The molecule has 0 saturated carbocycles. The van der Waals surface area contributed by atoms with E-state index in [4.69, 9.17) is 5.73 Å². The fourth-order valence-electron chi connectivity index (χ4n) is 1.30. The first kappa shape index (κ1) is 15.7. The molecule has 0 spiro atoms. The van der Waals surface area contributed by atoms with Crippen molar-refractivity contribution in [1.29, 1.82) is 0 Å². The average molecular weight is 399 g/mol. The summed E-state index contributed by atoms with van der Waals surface area (Å²) in [6.07, 6.45) is 2.31. The zero-order chi connectivity index (χ0) is 12.8. The standard InChI is InChI=1S/C12H17Br2NS2/c1-3-5-16-11-8(13)7-9(14)12(10(11)15)17-6-4-2/h7H,3-6,15H2,1-2H3. The quantitative estimate of drug-likeness (QED) is 0.484. The zero-order valence-corrected chi connectivity index (χ0v) is 14.9. The molecule has 1 rings (SSSR count). The summed E-state index contributed by atoms with van der Waals surface area (Å²) in [7, 11) is 0. The van der Waals surface area contributed by atoms with Gasteiger partial charge in [-0.3, -0.25) is 0 Å². The van der Waals surface area contributed by atoms with Gasteiger partial charge >= 0.3 is 0 Å². The number of hydrogen-bond donors (Lipinski definition) is 1. The van der Waals surface area contributed by atoms with Gasteiger partial charge in [0.2, 0.25) is 0 Å². The van der Waals surface area contributed by atoms with E-state index in [0.29, 0.717) is 0 Å². The maximum absolute atomic E-state index is 6.26. The summed E-state index contributed by atoms with van der Waals surface area (Å²) in [6, 6.07) is 2.10. The number of benzene rings is 1. The smallest absolute Gasteiger partial charge is 0.0613 e. The van der Waals surface area contributed by atoms with Crippen molar-refractivity contribution in [3.63, 3.8) is 0 Å². The van der Waals surface area contributed by atoms with E-state index in [9.17, 15) is 0 Å². The summed E-state index contributed by atoms with van der Waals surface area (Å²) in [5.41, 5.74) is 7.17. The van der Waals surface area contributed by atoms with Gasteiger partial charge in [-0.15, -0.1) is 23.5 Å². The molecule has 2 N–H and O–H groups in total. The summed E-state index contributed by atoms with van der Waals surface area (Å²) >= 11 is 10.8. The van der Waals surface area contributed by atoms with Gasteiger partial charge in [-0.1, -0.05) is 13.8 Å². The Morgan fingerprint density at radius 2 is 1.41 bits per heavy atom. The molecule has 1 nitrogen and oxygen atoms in total. The van der Waals surface area contributed by atoms with Crippen LogP contribution < -0.4 is 5.73 Å². The molecule has 96 valence electrons. The lowest BCUT2D eigenvalue weighted by Crippen LogP contribution is -1.95. The molecule has 17 heavy (non-hydrogen) atoms.